The second-order valence-corrected chi connectivity index (χ2v) is 6.35. The zero-order valence-electron chi connectivity index (χ0n) is 17.3. The van der Waals surface area contributed by atoms with E-state index in [1.165, 1.54) is 16.7 Å². The van der Waals surface area contributed by atoms with Crippen molar-refractivity contribution in [1.82, 2.24) is 4.90 Å². The van der Waals surface area contributed by atoms with Gasteiger partial charge < -0.3 is 4.90 Å². The number of allylic oxidation sites excluding steroid dienone is 9. The summed E-state index contributed by atoms with van der Waals surface area (Å²) in [5.74, 6) is 0. The monoisotopic (exact) mass is 340 g/mol. The molecule has 0 bridgehead atoms. The van der Waals surface area contributed by atoms with Crippen molar-refractivity contribution in [2.45, 2.75) is 47.5 Å². The maximum atomic E-state index is 8.44. The van der Waals surface area contributed by atoms with E-state index in [2.05, 4.69) is 59.0 Å². The minimum absolute atomic E-state index is 0.669. The van der Waals surface area contributed by atoms with Crippen LogP contribution in [-0.4, -0.2) is 25.5 Å². The third-order valence-electron chi connectivity index (χ3n) is 3.49. The maximum Gasteiger partial charge on any atom is 0.0988 e. The molecule has 0 spiro atoms. The average molecular weight is 341 g/mol. The van der Waals surface area contributed by atoms with Crippen LogP contribution in [0, 0.1) is 11.3 Å². The van der Waals surface area contributed by atoms with E-state index in [0.29, 0.717) is 5.57 Å². The molecule has 2 nitrogen and oxygen atoms in total. The van der Waals surface area contributed by atoms with Gasteiger partial charge in [0.1, 0.15) is 0 Å². The number of hydrogen-bond acceptors (Lipinski definition) is 2. The first-order valence-electron chi connectivity index (χ1n) is 8.76. The Balaban J connectivity index is 0. The Morgan fingerprint density at radius 2 is 1.76 bits per heavy atom. The summed E-state index contributed by atoms with van der Waals surface area (Å²) in [4.78, 5) is 2.23. The van der Waals surface area contributed by atoms with Crippen LogP contribution in [0.3, 0.4) is 0 Å². The third-order valence-corrected chi connectivity index (χ3v) is 3.49. The lowest BCUT2D eigenvalue weighted by molar-refractivity contribution is 0.413. The van der Waals surface area contributed by atoms with Crippen LogP contribution >= 0.6 is 0 Å². The van der Waals surface area contributed by atoms with Gasteiger partial charge in [0, 0.05) is 12.1 Å². The topological polar surface area (TPSA) is 27.0 Å². The van der Waals surface area contributed by atoms with E-state index >= 15 is 0 Å². The van der Waals surface area contributed by atoms with Crippen LogP contribution in [0.25, 0.3) is 0 Å². The molecular weight excluding hydrogens is 304 g/mol. The first-order chi connectivity index (χ1) is 11.7. The molecule has 0 aliphatic rings. The van der Waals surface area contributed by atoms with Gasteiger partial charge in [0.05, 0.1) is 6.07 Å². The van der Waals surface area contributed by atoms with Crippen molar-refractivity contribution in [3.63, 3.8) is 0 Å². The molecule has 0 aromatic carbocycles. The maximum absolute atomic E-state index is 8.44. The van der Waals surface area contributed by atoms with E-state index in [9.17, 15) is 0 Å². The van der Waals surface area contributed by atoms with Crippen molar-refractivity contribution in [3.05, 3.63) is 71.4 Å². The molecule has 0 rings (SSSR count). The molecule has 25 heavy (non-hydrogen) atoms. The van der Waals surface area contributed by atoms with E-state index in [1.807, 2.05) is 32.1 Å². The van der Waals surface area contributed by atoms with Gasteiger partial charge in [0.25, 0.3) is 0 Å². The van der Waals surface area contributed by atoms with Gasteiger partial charge in [-0.15, -0.1) is 0 Å². The second-order valence-electron chi connectivity index (χ2n) is 6.35. The molecule has 0 heterocycles. The second kappa shape index (κ2) is 15.4. The zero-order valence-corrected chi connectivity index (χ0v) is 17.3. The predicted molar refractivity (Wildman–Crippen MR) is 113 cm³/mol. The van der Waals surface area contributed by atoms with Gasteiger partial charge in [-0.25, -0.2) is 0 Å². The summed E-state index contributed by atoms with van der Waals surface area (Å²) in [6.45, 7) is 18.9. The Hall–Kier alpha value is -2.11. The summed E-state index contributed by atoms with van der Waals surface area (Å²) >= 11 is 0. The van der Waals surface area contributed by atoms with Crippen molar-refractivity contribution >= 4 is 0 Å². The highest BCUT2D eigenvalue weighted by atomic mass is 15.0. The molecular formula is C23H36N2. The molecule has 0 aromatic heterocycles. The van der Waals surface area contributed by atoms with Crippen LogP contribution in [0.4, 0.5) is 0 Å². The van der Waals surface area contributed by atoms with E-state index < -0.39 is 0 Å². The molecule has 0 radical (unpaired) electrons. The highest BCUT2D eigenvalue weighted by Gasteiger charge is 2.05. The lowest BCUT2D eigenvalue weighted by Gasteiger charge is -2.16. The summed E-state index contributed by atoms with van der Waals surface area (Å²) in [6.07, 6.45) is 11.6. The normalized spacial score (nSPS) is 11.6. The average Bonchev–Trinajstić information content (AvgIpc) is 2.54. The Morgan fingerprint density at radius 3 is 2.08 bits per heavy atom. The Labute approximate surface area is 156 Å². The molecule has 0 atom stereocenters. The minimum Gasteiger partial charge on any atom is -0.309 e. The van der Waals surface area contributed by atoms with Gasteiger partial charge in [0.15, 0.2) is 0 Å². The van der Waals surface area contributed by atoms with Crippen LogP contribution in [0.15, 0.2) is 71.4 Å². The molecule has 0 amide bonds. The Kier molecular flexibility index (Phi) is 15.5. The van der Waals surface area contributed by atoms with Crippen molar-refractivity contribution in [3.8, 4) is 6.07 Å². The van der Waals surface area contributed by atoms with Gasteiger partial charge in [-0.05, 0) is 71.9 Å². The molecule has 138 valence electrons. The largest absolute Gasteiger partial charge is 0.309 e. The van der Waals surface area contributed by atoms with Crippen molar-refractivity contribution in [2.24, 2.45) is 0 Å². The summed E-state index contributed by atoms with van der Waals surface area (Å²) in [7, 11) is 4.23. The van der Waals surface area contributed by atoms with Crippen LogP contribution < -0.4 is 0 Å². The van der Waals surface area contributed by atoms with Crippen LogP contribution in [0.2, 0.25) is 0 Å². The molecule has 0 fully saturated rings. The summed E-state index contributed by atoms with van der Waals surface area (Å²) in [6, 6.07) is 2.04. The molecule has 2 heteroatoms. The van der Waals surface area contributed by atoms with Gasteiger partial charge in [-0.1, -0.05) is 55.5 Å². The molecule has 0 saturated heterocycles. The molecule has 0 aliphatic carbocycles. The van der Waals surface area contributed by atoms with E-state index in [4.69, 9.17) is 5.26 Å². The first kappa shape index (κ1) is 25.1. The van der Waals surface area contributed by atoms with Crippen LogP contribution in [0.1, 0.15) is 47.5 Å². The predicted octanol–water partition coefficient (Wildman–Crippen LogP) is 6.39. The first-order valence-corrected chi connectivity index (χ1v) is 8.76. The standard InChI is InChI=1S/C14H25N.C9H11N/c1-7-9-13(8-2)14(12(3)4)10-11-15(5)6;1-4-9(7-10)6-5-8(2)3/h7,9H,1,8,10-11H2,2-6H3;4-6H,2H2,1,3H3/b13-9-;6-5-,9-4+. The van der Waals surface area contributed by atoms with Gasteiger partial charge in [-0.3, -0.25) is 0 Å². The van der Waals surface area contributed by atoms with Crippen LogP contribution in [-0.2, 0) is 0 Å². The Bertz CT molecular complexity index is 572. The highest BCUT2D eigenvalue weighted by Crippen LogP contribution is 2.21. The summed E-state index contributed by atoms with van der Waals surface area (Å²) < 4.78 is 0. The molecule has 0 unspecified atom stereocenters. The molecule has 0 saturated carbocycles. The van der Waals surface area contributed by atoms with Gasteiger partial charge in [-0.2, -0.15) is 5.26 Å². The SMILES string of the molecule is C=C(C)/C=C\C(C#N)=C/C.C=C/C=C(/CC)C(CCN(C)C)=C(C)C. The quantitative estimate of drug-likeness (QED) is 0.378. The molecule has 0 aliphatic heterocycles. The van der Waals surface area contributed by atoms with Crippen LogP contribution in [0.5, 0.6) is 0 Å². The van der Waals surface area contributed by atoms with E-state index in [-0.39, 0.29) is 0 Å². The zero-order chi connectivity index (χ0) is 19.8. The molecule has 0 N–H and O–H groups in total. The lowest BCUT2D eigenvalue weighted by Crippen LogP contribution is -2.14. The van der Waals surface area contributed by atoms with E-state index in [0.717, 1.165) is 25.0 Å². The van der Waals surface area contributed by atoms with Gasteiger partial charge in [0.2, 0.25) is 0 Å². The fraction of sp³-hybridized carbons (Fsp3) is 0.435. The minimum atomic E-state index is 0.669. The van der Waals surface area contributed by atoms with Crippen molar-refractivity contribution in [1.29, 1.82) is 5.26 Å². The number of hydrogen-bond donors (Lipinski definition) is 0. The Morgan fingerprint density at radius 1 is 1.16 bits per heavy atom. The third kappa shape index (κ3) is 14.0. The number of rotatable bonds is 8. The van der Waals surface area contributed by atoms with Gasteiger partial charge >= 0.3 is 0 Å². The van der Waals surface area contributed by atoms with Crippen molar-refractivity contribution in [2.75, 3.05) is 20.6 Å². The van der Waals surface area contributed by atoms with E-state index in [1.54, 1.807) is 12.2 Å². The smallest absolute Gasteiger partial charge is 0.0988 e. The van der Waals surface area contributed by atoms with Crippen molar-refractivity contribution < 1.29 is 0 Å². The summed E-state index contributed by atoms with van der Waals surface area (Å²) in [5.41, 5.74) is 5.96. The molecule has 0 aromatic rings. The fourth-order valence-corrected chi connectivity index (χ4v) is 2.07. The fourth-order valence-electron chi connectivity index (χ4n) is 2.07. The number of nitrogens with zero attached hydrogens (tertiary/aromatic N) is 2. The number of nitriles is 1. The highest BCUT2D eigenvalue weighted by molar-refractivity contribution is 5.36. The summed E-state index contributed by atoms with van der Waals surface area (Å²) in [5, 5.41) is 8.44. The lowest BCUT2D eigenvalue weighted by atomic mass is 9.96.